The summed E-state index contributed by atoms with van der Waals surface area (Å²) in [7, 11) is 0. The van der Waals surface area contributed by atoms with Crippen LogP contribution in [0.3, 0.4) is 0 Å². The minimum absolute atomic E-state index is 0.704. The van der Waals surface area contributed by atoms with Crippen LogP contribution in [0.1, 0.15) is 0 Å². The molecular formula is C19H18ClN5. The Kier molecular flexibility index (Phi) is 4.48. The van der Waals surface area contributed by atoms with Crippen LogP contribution in [0.2, 0.25) is 5.02 Å². The van der Waals surface area contributed by atoms with Crippen LogP contribution in [0.5, 0.6) is 0 Å². The van der Waals surface area contributed by atoms with Crippen molar-refractivity contribution < 1.29 is 0 Å². The van der Waals surface area contributed by atoms with Crippen LogP contribution in [-0.2, 0) is 0 Å². The van der Waals surface area contributed by atoms with E-state index in [1.807, 2.05) is 42.9 Å². The number of rotatable bonds is 3. The highest BCUT2D eigenvalue weighted by atomic mass is 35.5. The lowest BCUT2D eigenvalue weighted by Gasteiger charge is -2.36. The monoisotopic (exact) mass is 351 g/mol. The van der Waals surface area contributed by atoms with Crippen molar-refractivity contribution in [3.05, 3.63) is 66.2 Å². The van der Waals surface area contributed by atoms with E-state index in [0.29, 0.717) is 5.02 Å². The summed E-state index contributed by atoms with van der Waals surface area (Å²) >= 11 is 6.09. The zero-order valence-corrected chi connectivity index (χ0v) is 14.5. The molecule has 0 atom stereocenters. The lowest BCUT2D eigenvalue weighted by Crippen LogP contribution is -2.46. The van der Waals surface area contributed by atoms with Gasteiger partial charge < -0.3 is 9.80 Å². The molecule has 6 heteroatoms. The molecule has 0 aliphatic carbocycles. The molecule has 1 aliphatic rings. The molecule has 1 aromatic carbocycles. The summed E-state index contributed by atoms with van der Waals surface area (Å²) < 4.78 is 0. The Morgan fingerprint density at radius 2 is 1.60 bits per heavy atom. The van der Waals surface area contributed by atoms with Crippen molar-refractivity contribution in [1.29, 1.82) is 0 Å². The molecule has 0 N–H and O–H groups in total. The second kappa shape index (κ2) is 7.07. The largest absolute Gasteiger partial charge is 0.368 e. The lowest BCUT2D eigenvalue weighted by atomic mass is 10.1. The summed E-state index contributed by atoms with van der Waals surface area (Å²) in [4.78, 5) is 17.9. The number of halogens is 1. The van der Waals surface area contributed by atoms with Gasteiger partial charge in [0.05, 0.1) is 18.1 Å². The standard InChI is InChI=1S/C19H18ClN5/c20-16-3-1-2-15(12-16)18-13-22-14-19(23-18)25-10-8-24(9-11-25)17-4-6-21-7-5-17/h1-7,12-14H,8-11H2. The molecule has 4 rings (SSSR count). The summed E-state index contributed by atoms with van der Waals surface area (Å²) in [5.41, 5.74) is 3.04. The van der Waals surface area contributed by atoms with Gasteiger partial charge in [0.15, 0.2) is 0 Å². The van der Waals surface area contributed by atoms with Crippen molar-refractivity contribution in [1.82, 2.24) is 15.0 Å². The topological polar surface area (TPSA) is 45.2 Å². The van der Waals surface area contributed by atoms with Gasteiger partial charge in [0.1, 0.15) is 5.82 Å². The van der Waals surface area contributed by atoms with E-state index in [4.69, 9.17) is 16.6 Å². The molecule has 25 heavy (non-hydrogen) atoms. The number of hydrogen-bond donors (Lipinski definition) is 0. The number of piperazine rings is 1. The van der Waals surface area contributed by atoms with Gasteiger partial charge in [-0.05, 0) is 24.3 Å². The summed E-state index contributed by atoms with van der Waals surface area (Å²) in [6.45, 7) is 3.73. The first-order chi connectivity index (χ1) is 12.3. The Hall–Kier alpha value is -2.66. The number of anilines is 2. The van der Waals surface area contributed by atoms with Gasteiger partial charge in [0.25, 0.3) is 0 Å². The van der Waals surface area contributed by atoms with E-state index >= 15 is 0 Å². The first-order valence-corrected chi connectivity index (χ1v) is 8.65. The third kappa shape index (κ3) is 3.56. The van der Waals surface area contributed by atoms with Crippen molar-refractivity contribution in [3.63, 3.8) is 0 Å². The van der Waals surface area contributed by atoms with Crippen LogP contribution < -0.4 is 9.80 Å². The average Bonchev–Trinajstić information content (AvgIpc) is 2.69. The van der Waals surface area contributed by atoms with Gasteiger partial charge in [0, 0.05) is 54.8 Å². The molecule has 3 aromatic rings. The second-order valence-electron chi connectivity index (χ2n) is 5.95. The second-order valence-corrected chi connectivity index (χ2v) is 6.39. The Balaban J connectivity index is 1.49. The zero-order chi connectivity index (χ0) is 17.1. The number of hydrogen-bond acceptors (Lipinski definition) is 5. The van der Waals surface area contributed by atoms with Crippen molar-refractivity contribution in [2.45, 2.75) is 0 Å². The van der Waals surface area contributed by atoms with E-state index < -0.39 is 0 Å². The number of aromatic nitrogens is 3. The molecule has 1 saturated heterocycles. The molecule has 0 bridgehead atoms. The molecule has 0 radical (unpaired) electrons. The highest BCUT2D eigenvalue weighted by molar-refractivity contribution is 6.30. The van der Waals surface area contributed by atoms with Crippen molar-refractivity contribution in [3.8, 4) is 11.3 Å². The van der Waals surface area contributed by atoms with Gasteiger partial charge in [-0.1, -0.05) is 23.7 Å². The molecule has 0 spiro atoms. The van der Waals surface area contributed by atoms with E-state index in [1.165, 1.54) is 5.69 Å². The third-order valence-corrected chi connectivity index (χ3v) is 4.61. The fourth-order valence-corrected chi connectivity index (χ4v) is 3.23. The SMILES string of the molecule is Clc1cccc(-c2cncc(N3CCN(c4ccncc4)CC3)n2)c1. The van der Waals surface area contributed by atoms with E-state index in [-0.39, 0.29) is 0 Å². The van der Waals surface area contributed by atoms with E-state index in [1.54, 1.807) is 6.20 Å². The molecule has 0 unspecified atom stereocenters. The van der Waals surface area contributed by atoms with Gasteiger partial charge >= 0.3 is 0 Å². The average molecular weight is 352 g/mol. The Bertz CT molecular complexity index is 847. The quantitative estimate of drug-likeness (QED) is 0.722. The van der Waals surface area contributed by atoms with E-state index in [9.17, 15) is 0 Å². The highest BCUT2D eigenvalue weighted by Crippen LogP contribution is 2.23. The highest BCUT2D eigenvalue weighted by Gasteiger charge is 2.19. The summed E-state index contributed by atoms with van der Waals surface area (Å²) in [6.07, 6.45) is 7.28. The normalized spacial score (nSPS) is 14.6. The Morgan fingerprint density at radius 1 is 0.840 bits per heavy atom. The van der Waals surface area contributed by atoms with Gasteiger partial charge in [-0.15, -0.1) is 0 Å². The van der Waals surface area contributed by atoms with Gasteiger partial charge in [-0.2, -0.15) is 0 Å². The Morgan fingerprint density at radius 3 is 2.36 bits per heavy atom. The summed E-state index contributed by atoms with van der Waals surface area (Å²) in [5, 5.41) is 0.704. The maximum absolute atomic E-state index is 6.09. The van der Waals surface area contributed by atoms with Crippen LogP contribution >= 0.6 is 11.6 Å². The maximum atomic E-state index is 6.09. The van der Waals surface area contributed by atoms with Crippen molar-refractivity contribution >= 4 is 23.1 Å². The third-order valence-electron chi connectivity index (χ3n) is 4.37. The summed E-state index contributed by atoms with van der Waals surface area (Å²) in [6, 6.07) is 11.8. The number of pyridine rings is 1. The van der Waals surface area contributed by atoms with Crippen LogP contribution in [0, 0.1) is 0 Å². The van der Waals surface area contributed by atoms with Crippen LogP contribution in [0.4, 0.5) is 11.5 Å². The number of nitrogens with zero attached hydrogens (tertiary/aromatic N) is 5. The molecule has 0 saturated carbocycles. The number of benzene rings is 1. The van der Waals surface area contributed by atoms with Crippen molar-refractivity contribution in [2.24, 2.45) is 0 Å². The van der Waals surface area contributed by atoms with Crippen LogP contribution in [0.25, 0.3) is 11.3 Å². The van der Waals surface area contributed by atoms with E-state index in [2.05, 4.69) is 31.9 Å². The maximum Gasteiger partial charge on any atom is 0.147 e. The van der Waals surface area contributed by atoms with E-state index in [0.717, 1.165) is 43.3 Å². The fourth-order valence-electron chi connectivity index (χ4n) is 3.04. The smallest absolute Gasteiger partial charge is 0.147 e. The molecule has 1 aliphatic heterocycles. The minimum Gasteiger partial charge on any atom is -0.368 e. The molecule has 3 heterocycles. The van der Waals surface area contributed by atoms with Crippen LogP contribution in [-0.4, -0.2) is 41.1 Å². The minimum atomic E-state index is 0.704. The first-order valence-electron chi connectivity index (χ1n) is 8.27. The first kappa shape index (κ1) is 15.8. The fraction of sp³-hybridized carbons (Fsp3) is 0.211. The zero-order valence-electron chi connectivity index (χ0n) is 13.7. The molecule has 2 aromatic heterocycles. The molecular weight excluding hydrogens is 334 g/mol. The van der Waals surface area contributed by atoms with Crippen molar-refractivity contribution in [2.75, 3.05) is 36.0 Å². The predicted octanol–water partition coefficient (Wildman–Crippen LogP) is 3.52. The predicted molar refractivity (Wildman–Crippen MR) is 101 cm³/mol. The molecule has 126 valence electrons. The van der Waals surface area contributed by atoms with Crippen LogP contribution in [0.15, 0.2) is 61.2 Å². The molecule has 1 fully saturated rings. The lowest BCUT2D eigenvalue weighted by molar-refractivity contribution is 0.646. The molecule has 0 amide bonds. The Labute approximate surface area is 151 Å². The van der Waals surface area contributed by atoms with Gasteiger partial charge in [0.2, 0.25) is 0 Å². The molecule has 5 nitrogen and oxygen atoms in total. The summed E-state index contributed by atoms with van der Waals surface area (Å²) in [5.74, 6) is 0.909. The van der Waals surface area contributed by atoms with Gasteiger partial charge in [-0.25, -0.2) is 4.98 Å². The van der Waals surface area contributed by atoms with Gasteiger partial charge in [-0.3, -0.25) is 9.97 Å².